The van der Waals surface area contributed by atoms with Gasteiger partial charge in [0.25, 0.3) is 11.8 Å². The molecular formula is C45H54N10O5. The van der Waals surface area contributed by atoms with Crippen molar-refractivity contribution in [2.45, 2.75) is 83.8 Å². The minimum atomic E-state index is -0.969. The number of nitrogens with one attached hydrogen (secondary N) is 1. The van der Waals surface area contributed by atoms with E-state index in [0.29, 0.717) is 35.2 Å². The number of aryl methyl sites for hydroxylation is 1. The molecule has 6 heterocycles. The third-order valence-electron chi connectivity index (χ3n) is 13.2. The number of aromatic nitrogens is 2. The number of amides is 5. The van der Waals surface area contributed by atoms with Crippen LogP contribution in [0.15, 0.2) is 48.8 Å². The lowest BCUT2D eigenvalue weighted by Crippen LogP contribution is -2.58. The molecule has 15 heteroatoms. The number of carbonyl (C=O) groups is 5. The molecule has 314 valence electrons. The number of hydrogen-bond donors (Lipinski definition) is 1. The molecule has 1 unspecified atom stereocenters. The Morgan fingerprint density at radius 2 is 1.55 bits per heavy atom. The average molecular weight is 815 g/mol. The van der Waals surface area contributed by atoms with Crippen LogP contribution < -0.4 is 20.0 Å². The van der Waals surface area contributed by atoms with E-state index in [1.165, 1.54) is 0 Å². The van der Waals surface area contributed by atoms with Gasteiger partial charge in [0.1, 0.15) is 6.04 Å². The Balaban J connectivity index is 0.759. The molecule has 1 aromatic heterocycles. The van der Waals surface area contributed by atoms with Crippen LogP contribution in [0.25, 0.3) is 4.85 Å². The molecule has 3 aromatic rings. The quantitative estimate of drug-likeness (QED) is 0.233. The minimum Gasteiger partial charge on any atom is -0.369 e. The number of piperazine rings is 2. The molecule has 1 N–H and O–H groups in total. The van der Waals surface area contributed by atoms with Crippen LogP contribution in [-0.4, -0.2) is 131 Å². The van der Waals surface area contributed by atoms with E-state index in [0.717, 1.165) is 105 Å². The average Bonchev–Trinajstić information content (AvgIpc) is 3.51. The Kier molecular flexibility index (Phi) is 11.8. The number of hydrogen-bond acceptors (Lipinski definition) is 11. The molecule has 0 spiro atoms. The summed E-state index contributed by atoms with van der Waals surface area (Å²) in [5.74, 6) is -0.534. The zero-order valence-corrected chi connectivity index (χ0v) is 34.8. The molecule has 60 heavy (non-hydrogen) atoms. The van der Waals surface area contributed by atoms with Gasteiger partial charge in [0.15, 0.2) is 5.69 Å². The van der Waals surface area contributed by atoms with E-state index in [9.17, 15) is 24.0 Å². The maximum absolute atomic E-state index is 13.5. The van der Waals surface area contributed by atoms with Crippen molar-refractivity contribution in [3.05, 3.63) is 82.5 Å². The molecule has 8 rings (SSSR count). The van der Waals surface area contributed by atoms with Crippen molar-refractivity contribution in [2.24, 2.45) is 5.92 Å². The first-order valence-electron chi connectivity index (χ1n) is 21.5. The predicted molar refractivity (Wildman–Crippen MR) is 227 cm³/mol. The summed E-state index contributed by atoms with van der Waals surface area (Å²) in [6, 6.07) is 10.6. The first-order valence-corrected chi connectivity index (χ1v) is 21.5. The SMILES string of the molecule is [C-]#[N+]c1ccc(N2C[C@@H](C)N(C(=O)Cc3cnc(N4CCC(CCN5CCN(c6ccc7c(c6)C(=O)N(C6CCC(=O)NC6=O)C7=O)CC5)CC4)nc3)C[C@@H]2C)cc1CC. The van der Waals surface area contributed by atoms with E-state index in [2.05, 4.69) is 66.6 Å². The number of imide groups is 2. The van der Waals surface area contributed by atoms with Crippen LogP contribution >= 0.6 is 0 Å². The van der Waals surface area contributed by atoms with Gasteiger partial charge < -0.3 is 19.6 Å². The summed E-state index contributed by atoms with van der Waals surface area (Å²) in [5.41, 5.74) is 5.18. The Morgan fingerprint density at radius 3 is 2.25 bits per heavy atom. The van der Waals surface area contributed by atoms with Crippen LogP contribution in [0.4, 0.5) is 23.0 Å². The van der Waals surface area contributed by atoms with Crippen molar-refractivity contribution in [1.29, 1.82) is 0 Å². The van der Waals surface area contributed by atoms with Crippen LogP contribution in [0, 0.1) is 12.5 Å². The molecule has 4 fully saturated rings. The molecule has 0 radical (unpaired) electrons. The van der Waals surface area contributed by atoms with Gasteiger partial charge >= 0.3 is 0 Å². The summed E-state index contributed by atoms with van der Waals surface area (Å²) in [7, 11) is 0. The van der Waals surface area contributed by atoms with Crippen molar-refractivity contribution in [1.82, 2.24) is 30.0 Å². The Labute approximate surface area is 351 Å². The molecule has 5 aliphatic rings. The third-order valence-corrected chi connectivity index (χ3v) is 13.2. The fraction of sp³-hybridized carbons (Fsp3) is 0.511. The number of rotatable bonds is 10. The van der Waals surface area contributed by atoms with Gasteiger partial charge in [-0.1, -0.05) is 13.0 Å². The normalized spacial score (nSPS) is 22.9. The van der Waals surface area contributed by atoms with Crippen molar-refractivity contribution in [3.8, 4) is 0 Å². The van der Waals surface area contributed by atoms with E-state index in [1.807, 2.05) is 23.1 Å². The number of piperidine rings is 2. The number of carbonyl (C=O) groups excluding carboxylic acids is 5. The van der Waals surface area contributed by atoms with Gasteiger partial charge in [-0.15, -0.1) is 0 Å². The maximum atomic E-state index is 13.5. The van der Waals surface area contributed by atoms with Crippen molar-refractivity contribution in [3.63, 3.8) is 0 Å². The Bertz CT molecular complexity index is 2190. The van der Waals surface area contributed by atoms with Gasteiger partial charge in [-0.25, -0.2) is 14.8 Å². The fourth-order valence-electron chi connectivity index (χ4n) is 9.53. The largest absolute Gasteiger partial charge is 0.369 e. The van der Waals surface area contributed by atoms with E-state index in [4.69, 9.17) is 6.57 Å². The summed E-state index contributed by atoms with van der Waals surface area (Å²) in [6.45, 7) is 21.4. The van der Waals surface area contributed by atoms with Crippen LogP contribution in [-0.2, 0) is 27.2 Å². The zero-order chi connectivity index (χ0) is 42.1. The van der Waals surface area contributed by atoms with Crippen molar-refractivity contribution >= 4 is 52.5 Å². The number of benzene rings is 2. The van der Waals surface area contributed by atoms with Gasteiger partial charge in [0.2, 0.25) is 23.7 Å². The highest BCUT2D eigenvalue weighted by atomic mass is 16.2. The lowest BCUT2D eigenvalue weighted by Gasteiger charge is -2.45. The minimum absolute atomic E-state index is 0.0472. The van der Waals surface area contributed by atoms with E-state index in [-0.39, 0.29) is 43.2 Å². The topological polar surface area (TPSA) is 147 Å². The molecule has 15 nitrogen and oxygen atoms in total. The maximum Gasteiger partial charge on any atom is 0.262 e. The second-order valence-corrected chi connectivity index (χ2v) is 17.0. The lowest BCUT2D eigenvalue weighted by atomic mass is 9.93. The molecular weight excluding hydrogens is 761 g/mol. The van der Waals surface area contributed by atoms with Gasteiger partial charge in [0.05, 0.1) is 24.1 Å². The van der Waals surface area contributed by atoms with E-state index >= 15 is 0 Å². The van der Waals surface area contributed by atoms with Crippen LogP contribution in [0.1, 0.15) is 84.7 Å². The molecule has 5 amide bonds. The monoisotopic (exact) mass is 814 g/mol. The summed E-state index contributed by atoms with van der Waals surface area (Å²) in [6.07, 6.45) is 8.20. The van der Waals surface area contributed by atoms with Crippen LogP contribution in [0.5, 0.6) is 0 Å². The smallest absolute Gasteiger partial charge is 0.262 e. The van der Waals surface area contributed by atoms with Crippen LogP contribution in [0.3, 0.4) is 0 Å². The van der Waals surface area contributed by atoms with Gasteiger partial charge in [-0.3, -0.25) is 39.1 Å². The number of nitrogens with zero attached hydrogens (tertiary/aromatic N) is 9. The Hall–Kier alpha value is -5.88. The highest BCUT2D eigenvalue weighted by molar-refractivity contribution is 6.23. The molecule has 0 bridgehead atoms. The molecule has 0 saturated carbocycles. The molecule has 5 aliphatic heterocycles. The molecule has 3 atom stereocenters. The first-order chi connectivity index (χ1) is 29.0. The summed E-state index contributed by atoms with van der Waals surface area (Å²) in [4.78, 5) is 89.4. The van der Waals surface area contributed by atoms with Gasteiger partial charge in [-0.2, -0.15) is 0 Å². The Morgan fingerprint density at radius 1 is 0.833 bits per heavy atom. The second-order valence-electron chi connectivity index (χ2n) is 17.0. The highest BCUT2D eigenvalue weighted by Gasteiger charge is 2.45. The van der Waals surface area contributed by atoms with Crippen molar-refractivity contribution < 1.29 is 24.0 Å². The summed E-state index contributed by atoms with van der Waals surface area (Å²) < 4.78 is 0. The second kappa shape index (κ2) is 17.4. The molecule has 4 saturated heterocycles. The summed E-state index contributed by atoms with van der Waals surface area (Å²) >= 11 is 0. The van der Waals surface area contributed by atoms with E-state index in [1.54, 1.807) is 24.5 Å². The predicted octanol–water partition coefficient (Wildman–Crippen LogP) is 4.09. The fourth-order valence-corrected chi connectivity index (χ4v) is 9.53. The number of fused-ring (bicyclic) bond motifs is 1. The standard InChI is InChI=1S/C45H54N10O5/c1-5-33-23-35(7-9-38(33)46-4)53-27-30(3)54(28-29(53)2)41(57)22-32-25-47-45(48-26-32)52-16-13-31(14-17-52)12-15-50-18-20-51(21-19-50)34-6-8-36-37(24-34)44(60)55(43(36)59)39-10-11-40(56)49-42(39)58/h6-9,23-26,29-31,39H,5,10-22,27-28H2,1-3H3,(H,49,56,58)/t29-,30+,39?/m0/s1. The highest BCUT2D eigenvalue weighted by Crippen LogP contribution is 2.33. The molecule has 0 aliphatic carbocycles. The summed E-state index contributed by atoms with van der Waals surface area (Å²) in [5, 5.41) is 2.25. The van der Waals surface area contributed by atoms with Gasteiger partial charge in [-0.05, 0) is 99.9 Å². The first kappa shape index (κ1) is 40.9. The lowest BCUT2D eigenvalue weighted by molar-refractivity contribution is -0.136. The van der Waals surface area contributed by atoms with E-state index < -0.39 is 23.8 Å². The zero-order valence-electron chi connectivity index (χ0n) is 34.8. The van der Waals surface area contributed by atoms with Crippen LogP contribution in [0.2, 0.25) is 0 Å². The molecule has 2 aromatic carbocycles. The van der Waals surface area contributed by atoms with Gasteiger partial charge in [0, 0.05) is 94.6 Å². The van der Waals surface area contributed by atoms with Crippen molar-refractivity contribution in [2.75, 3.05) is 73.6 Å². The third kappa shape index (κ3) is 8.30. The number of anilines is 3.